The first-order valence-electron chi connectivity index (χ1n) is 5.61. The van der Waals surface area contributed by atoms with Crippen molar-refractivity contribution in [3.8, 4) is 6.07 Å². The number of pyridine rings is 1. The number of benzene rings is 1. The van der Waals surface area contributed by atoms with E-state index in [4.69, 9.17) is 10.4 Å². The number of aliphatic hydroxyl groups is 1. The Morgan fingerprint density at radius 2 is 2.16 bits per heavy atom. The van der Waals surface area contributed by atoms with Gasteiger partial charge in [0.2, 0.25) is 0 Å². The van der Waals surface area contributed by atoms with Gasteiger partial charge in [0.05, 0.1) is 23.6 Å². The highest BCUT2D eigenvalue weighted by atomic mass is 16.3. The van der Waals surface area contributed by atoms with E-state index in [-0.39, 0.29) is 12.5 Å². The third-order valence-electron chi connectivity index (χ3n) is 2.54. The second kappa shape index (κ2) is 5.76. The second-order valence-electron chi connectivity index (χ2n) is 3.81. The first-order valence-corrected chi connectivity index (χ1v) is 5.61. The van der Waals surface area contributed by atoms with Crippen molar-refractivity contribution in [2.45, 2.75) is 6.61 Å². The average molecular weight is 253 g/mol. The maximum Gasteiger partial charge on any atom is 0.255 e. The van der Waals surface area contributed by atoms with Gasteiger partial charge in [0.15, 0.2) is 0 Å². The summed E-state index contributed by atoms with van der Waals surface area (Å²) in [6, 6.07) is 11.8. The summed E-state index contributed by atoms with van der Waals surface area (Å²) in [6.07, 6.45) is 1.46. The summed E-state index contributed by atoms with van der Waals surface area (Å²) >= 11 is 0. The van der Waals surface area contributed by atoms with Gasteiger partial charge in [-0.25, -0.2) is 0 Å². The fourth-order valence-electron chi connectivity index (χ4n) is 1.59. The third-order valence-corrected chi connectivity index (χ3v) is 2.54. The Morgan fingerprint density at radius 3 is 2.89 bits per heavy atom. The number of aliphatic hydroxyl groups excluding tert-OH is 1. The number of aromatic nitrogens is 1. The van der Waals surface area contributed by atoms with Crippen molar-refractivity contribution < 1.29 is 9.90 Å². The van der Waals surface area contributed by atoms with Crippen LogP contribution in [0.4, 0.5) is 5.69 Å². The molecule has 0 unspecified atom stereocenters. The fraction of sp³-hybridized carbons (Fsp3) is 0.0714. The molecular formula is C14H11N3O2. The summed E-state index contributed by atoms with van der Waals surface area (Å²) in [7, 11) is 0. The molecule has 94 valence electrons. The van der Waals surface area contributed by atoms with Gasteiger partial charge in [0, 0.05) is 11.8 Å². The maximum atomic E-state index is 12.0. The summed E-state index contributed by atoms with van der Waals surface area (Å²) in [4.78, 5) is 15.9. The lowest BCUT2D eigenvalue weighted by Gasteiger charge is -2.07. The Morgan fingerprint density at radius 1 is 1.37 bits per heavy atom. The number of hydrogen-bond donors (Lipinski definition) is 2. The quantitative estimate of drug-likeness (QED) is 0.871. The minimum absolute atomic E-state index is 0.226. The van der Waals surface area contributed by atoms with Crippen molar-refractivity contribution in [3.63, 3.8) is 0 Å². The van der Waals surface area contributed by atoms with Crippen molar-refractivity contribution in [3.05, 3.63) is 59.4 Å². The molecule has 1 heterocycles. The number of carbonyl (C=O) groups is 1. The molecule has 5 heteroatoms. The van der Waals surface area contributed by atoms with Gasteiger partial charge in [0.1, 0.15) is 6.07 Å². The third kappa shape index (κ3) is 2.94. The lowest BCUT2D eigenvalue weighted by atomic mass is 10.1. The predicted octanol–water partition coefficient (Wildman–Crippen LogP) is 1.70. The van der Waals surface area contributed by atoms with E-state index in [9.17, 15) is 4.79 Å². The van der Waals surface area contributed by atoms with Crippen molar-refractivity contribution in [1.82, 2.24) is 4.98 Å². The zero-order chi connectivity index (χ0) is 13.7. The van der Waals surface area contributed by atoms with Gasteiger partial charge >= 0.3 is 0 Å². The normalized spacial score (nSPS) is 9.68. The maximum absolute atomic E-state index is 12.0. The summed E-state index contributed by atoms with van der Waals surface area (Å²) in [5.74, 6) is -0.347. The first kappa shape index (κ1) is 12.7. The molecule has 0 aliphatic heterocycles. The molecular weight excluding hydrogens is 242 g/mol. The van der Waals surface area contributed by atoms with E-state index in [0.29, 0.717) is 22.5 Å². The highest BCUT2D eigenvalue weighted by molar-refractivity contribution is 6.04. The summed E-state index contributed by atoms with van der Waals surface area (Å²) in [6.45, 7) is -0.226. The monoisotopic (exact) mass is 253 g/mol. The number of hydrogen-bond acceptors (Lipinski definition) is 4. The number of carbonyl (C=O) groups excluding carboxylic acids is 1. The van der Waals surface area contributed by atoms with Crippen molar-refractivity contribution >= 4 is 11.6 Å². The van der Waals surface area contributed by atoms with Crippen LogP contribution in [0.3, 0.4) is 0 Å². The Labute approximate surface area is 110 Å². The average Bonchev–Trinajstić information content (AvgIpc) is 2.47. The molecule has 2 N–H and O–H groups in total. The molecule has 19 heavy (non-hydrogen) atoms. The minimum Gasteiger partial charge on any atom is -0.390 e. The van der Waals surface area contributed by atoms with Crippen LogP contribution in [0.5, 0.6) is 0 Å². The van der Waals surface area contributed by atoms with Gasteiger partial charge in [-0.15, -0.1) is 0 Å². The SMILES string of the molecule is N#Cc1ccccc1NC(=O)c1ccnc(CO)c1. The second-order valence-corrected chi connectivity index (χ2v) is 3.81. The van der Waals surface area contributed by atoms with Gasteiger partial charge in [0.25, 0.3) is 5.91 Å². The predicted molar refractivity (Wildman–Crippen MR) is 69.3 cm³/mol. The molecule has 1 aromatic carbocycles. The summed E-state index contributed by atoms with van der Waals surface area (Å²) < 4.78 is 0. The number of nitrogens with zero attached hydrogens (tertiary/aromatic N) is 2. The number of amides is 1. The minimum atomic E-state index is -0.347. The molecule has 1 amide bonds. The van der Waals surface area contributed by atoms with Crippen LogP contribution in [0.2, 0.25) is 0 Å². The number of para-hydroxylation sites is 1. The van der Waals surface area contributed by atoms with Crippen LogP contribution in [-0.2, 0) is 6.61 Å². The highest BCUT2D eigenvalue weighted by Crippen LogP contribution is 2.15. The van der Waals surface area contributed by atoms with Crippen molar-refractivity contribution in [1.29, 1.82) is 5.26 Å². The van der Waals surface area contributed by atoms with E-state index in [1.807, 2.05) is 6.07 Å². The molecule has 0 saturated heterocycles. The van der Waals surface area contributed by atoms with Crippen LogP contribution in [0, 0.1) is 11.3 Å². The number of nitriles is 1. The zero-order valence-electron chi connectivity index (χ0n) is 10.00. The molecule has 0 bridgehead atoms. The lowest BCUT2D eigenvalue weighted by molar-refractivity contribution is 0.102. The molecule has 0 radical (unpaired) electrons. The van der Waals surface area contributed by atoms with Crippen LogP contribution in [-0.4, -0.2) is 16.0 Å². The Bertz CT molecular complexity index is 647. The van der Waals surface area contributed by atoms with Gasteiger partial charge in [-0.3, -0.25) is 9.78 Å². The Balaban J connectivity index is 2.23. The van der Waals surface area contributed by atoms with Crippen LogP contribution >= 0.6 is 0 Å². The van der Waals surface area contributed by atoms with Gasteiger partial charge in [-0.1, -0.05) is 12.1 Å². The first-order chi connectivity index (χ1) is 9.24. The van der Waals surface area contributed by atoms with E-state index in [2.05, 4.69) is 10.3 Å². The van der Waals surface area contributed by atoms with Crippen LogP contribution in [0.25, 0.3) is 0 Å². The van der Waals surface area contributed by atoms with E-state index < -0.39 is 0 Å². The van der Waals surface area contributed by atoms with Gasteiger partial charge in [-0.2, -0.15) is 5.26 Å². The van der Waals surface area contributed by atoms with Crippen LogP contribution in [0.15, 0.2) is 42.6 Å². The molecule has 2 aromatic rings. The van der Waals surface area contributed by atoms with Gasteiger partial charge in [-0.05, 0) is 24.3 Å². The Hall–Kier alpha value is -2.71. The number of anilines is 1. The smallest absolute Gasteiger partial charge is 0.255 e. The van der Waals surface area contributed by atoms with E-state index in [1.165, 1.54) is 12.3 Å². The van der Waals surface area contributed by atoms with E-state index in [0.717, 1.165) is 0 Å². The molecule has 0 fully saturated rings. The Kier molecular flexibility index (Phi) is 3.86. The molecule has 5 nitrogen and oxygen atoms in total. The van der Waals surface area contributed by atoms with Gasteiger partial charge < -0.3 is 10.4 Å². The lowest BCUT2D eigenvalue weighted by Crippen LogP contribution is -2.13. The van der Waals surface area contributed by atoms with Crippen molar-refractivity contribution in [2.24, 2.45) is 0 Å². The topological polar surface area (TPSA) is 86.0 Å². The van der Waals surface area contributed by atoms with Crippen LogP contribution in [0.1, 0.15) is 21.6 Å². The summed E-state index contributed by atoms with van der Waals surface area (Å²) in [5.41, 5.74) is 1.65. The molecule has 0 saturated carbocycles. The highest BCUT2D eigenvalue weighted by Gasteiger charge is 2.09. The van der Waals surface area contributed by atoms with Crippen LogP contribution < -0.4 is 5.32 Å². The molecule has 0 aliphatic rings. The van der Waals surface area contributed by atoms with Crippen molar-refractivity contribution in [2.75, 3.05) is 5.32 Å². The fourth-order valence-corrected chi connectivity index (χ4v) is 1.59. The molecule has 0 atom stereocenters. The molecule has 0 aliphatic carbocycles. The number of nitrogens with one attached hydrogen (secondary N) is 1. The van der Waals surface area contributed by atoms with E-state index in [1.54, 1.807) is 30.3 Å². The molecule has 1 aromatic heterocycles. The molecule has 2 rings (SSSR count). The summed E-state index contributed by atoms with van der Waals surface area (Å²) in [5, 5.41) is 20.6. The molecule has 0 spiro atoms. The largest absolute Gasteiger partial charge is 0.390 e. The standard InChI is InChI=1S/C14H11N3O2/c15-8-11-3-1-2-4-13(11)17-14(19)10-5-6-16-12(7-10)9-18/h1-7,18H,9H2,(H,17,19). The zero-order valence-corrected chi connectivity index (χ0v) is 10.00. The number of rotatable bonds is 3. The van der Waals surface area contributed by atoms with E-state index >= 15 is 0 Å².